The van der Waals surface area contributed by atoms with Gasteiger partial charge in [-0.3, -0.25) is 4.68 Å². The number of halogens is 1. The first-order chi connectivity index (χ1) is 9.06. The quantitative estimate of drug-likeness (QED) is 0.918. The number of aromatic nitrogens is 2. The molecule has 0 fully saturated rings. The summed E-state index contributed by atoms with van der Waals surface area (Å²) < 4.78 is 1.86. The van der Waals surface area contributed by atoms with Crippen molar-refractivity contribution in [1.29, 1.82) is 0 Å². The summed E-state index contributed by atoms with van der Waals surface area (Å²) >= 11 is 8.15. The molecule has 104 valence electrons. The molecule has 2 aromatic rings. The third-order valence-corrected chi connectivity index (χ3v) is 5.11. The Labute approximate surface area is 123 Å². The first kappa shape index (κ1) is 14.6. The number of hydrogen-bond acceptors (Lipinski definition) is 3. The average Bonchev–Trinajstić information content (AvgIpc) is 2.98. The summed E-state index contributed by atoms with van der Waals surface area (Å²) in [5.41, 5.74) is 8.27. The largest absolute Gasteiger partial charge is 0.323 e. The summed E-state index contributed by atoms with van der Waals surface area (Å²) in [6.07, 6.45) is 2.64. The van der Waals surface area contributed by atoms with Gasteiger partial charge in [0, 0.05) is 29.3 Å². The number of nitrogens with two attached hydrogens (primary N) is 1. The Morgan fingerprint density at radius 2 is 2.11 bits per heavy atom. The van der Waals surface area contributed by atoms with E-state index in [2.05, 4.69) is 31.1 Å². The summed E-state index contributed by atoms with van der Waals surface area (Å²) in [6, 6.07) is 4.27. The van der Waals surface area contributed by atoms with Crippen LogP contribution in [0.15, 0.2) is 12.1 Å². The smallest absolute Gasteiger partial charge is 0.0850 e. The predicted molar refractivity (Wildman–Crippen MR) is 81.9 cm³/mol. The molecule has 19 heavy (non-hydrogen) atoms. The molecule has 0 aliphatic heterocycles. The van der Waals surface area contributed by atoms with Crippen molar-refractivity contribution in [3.63, 3.8) is 0 Å². The molecule has 0 amide bonds. The standard InChI is InChI=1S/C14H20ClN3S/c1-4-9-6-7-13(19-9)10(16)8-12-14(15)11(5-2)17-18(12)3/h6-7,10H,4-5,8,16H2,1-3H3. The molecule has 2 aromatic heterocycles. The fourth-order valence-electron chi connectivity index (χ4n) is 2.13. The first-order valence-corrected chi connectivity index (χ1v) is 7.80. The Balaban J connectivity index is 2.18. The van der Waals surface area contributed by atoms with Crippen LogP contribution in [-0.2, 0) is 26.3 Å². The Morgan fingerprint density at radius 1 is 1.37 bits per heavy atom. The van der Waals surface area contributed by atoms with E-state index >= 15 is 0 Å². The zero-order chi connectivity index (χ0) is 14.0. The van der Waals surface area contributed by atoms with Crippen molar-refractivity contribution in [2.24, 2.45) is 12.8 Å². The van der Waals surface area contributed by atoms with Gasteiger partial charge in [0.05, 0.1) is 16.4 Å². The van der Waals surface area contributed by atoms with Crippen LogP contribution in [-0.4, -0.2) is 9.78 Å². The van der Waals surface area contributed by atoms with E-state index in [9.17, 15) is 0 Å². The Hall–Kier alpha value is -0.840. The number of thiophene rings is 1. The zero-order valence-corrected chi connectivity index (χ0v) is 13.2. The van der Waals surface area contributed by atoms with Crippen molar-refractivity contribution in [3.05, 3.63) is 38.3 Å². The maximum Gasteiger partial charge on any atom is 0.0850 e. The normalized spacial score (nSPS) is 12.9. The molecule has 5 heteroatoms. The van der Waals surface area contributed by atoms with Crippen molar-refractivity contribution in [2.45, 2.75) is 39.2 Å². The van der Waals surface area contributed by atoms with Crippen molar-refractivity contribution in [1.82, 2.24) is 9.78 Å². The highest BCUT2D eigenvalue weighted by Crippen LogP contribution is 2.28. The van der Waals surface area contributed by atoms with Gasteiger partial charge in [-0.05, 0) is 25.0 Å². The summed E-state index contributed by atoms with van der Waals surface area (Å²) in [7, 11) is 1.93. The molecule has 0 aliphatic rings. The number of hydrogen-bond donors (Lipinski definition) is 1. The van der Waals surface area contributed by atoms with Crippen molar-refractivity contribution >= 4 is 22.9 Å². The van der Waals surface area contributed by atoms with Crippen LogP contribution in [0.5, 0.6) is 0 Å². The molecule has 0 bridgehead atoms. The molecule has 0 saturated carbocycles. The van der Waals surface area contributed by atoms with Crippen LogP contribution >= 0.6 is 22.9 Å². The Kier molecular flexibility index (Phi) is 4.66. The second kappa shape index (κ2) is 6.07. The van der Waals surface area contributed by atoms with Crippen molar-refractivity contribution in [2.75, 3.05) is 0 Å². The predicted octanol–water partition coefficient (Wildman–Crippen LogP) is 3.50. The monoisotopic (exact) mass is 297 g/mol. The second-order valence-electron chi connectivity index (χ2n) is 4.65. The summed E-state index contributed by atoms with van der Waals surface area (Å²) in [4.78, 5) is 2.59. The van der Waals surface area contributed by atoms with E-state index in [-0.39, 0.29) is 6.04 Å². The van der Waals surface area contributed by atoms with Gasteiger partial charge in [0.15, 0.2) is 0 Å². The molecule has 2 N–H and O–H groups in total. The number of nitrogens with zero attached hydrogens (tertiary/aromatic N) is 2. The van der Waals surface area contributed by atoms with Gasteiger partial charge in [0.1, 0.15) is 0 Å². The van der Waals surface area contributed by atoms with Crippen LogP contribution in [0.25, 0.3) is 0 Å². The van der Waals surface area contributed by atoms with E-state index in [1.807, 2.05) is 11.7 Å². The highest BCUT2D eigenvalue weighted by molar-refractivity contribution is 7.12. The number of aryl methyl sites for hydroxylation is 3. The van der Waals surface area contributed by atoms with Gasteiger partial charge in [-0.1, -0.05) is 25.4 Å². The van der Waals surface area contributed by atoms with Crippen LogP contribution in [0, 0.1) is 0 Å². The maximum absolute atomic E-state index is 6.36. The molecule has 0 aromatic carbocycles. The lowest BCUT2D eigenvalue weighted by Gasteiger charge is -2.10. The van der Waals surface area contributed by atoms with Crippen LogP contribution < -0.4 is 5.73 Å². The minimum absolute atomic E-state index is 0.0112. The van der Waals surface area contributed by atoms with E-state index in [1.165, 1.54) is 9.75 Å². The Morgan fingerprint density at radius 3 is 2.63 bits per heavy atom. The molecule has 3 nitrogen and oxygen atoms in total. The SMILES string of the molecule is CCc1ccc(C(N)Cc2c(Cl)c(CC)nn2C)s1. The van der Waals surface area contributed by atoms with Gasteiger partial charge in [-0.25, -0.2) is 0 Å². The lowest BCUT2D eigenvalue weighted by Crippen LogP contribution is -2.14. The summed E-state index contributed by atoms with van der Waals surface area (Å²) in [5, 5.41) is 5.20. The van der Waals surface area contributed by atoms with Crippen molar-refractivity contribution < 1.29 is 0 Å². The summed E-state index contributed by atoms with van der Waals surface area (Å²) in [5.74, 6) is 0. The van der Waals surface area contributed by atoms with Crippen molar-refractivity contribution in [3.8, 4) is 0 Å². The van der Waals surface area contributed by atoms with Gasteiger partial charge in [-0.2, -0.15) is 5.10 Å². The topological polar surface area (TPSA) is 43.8 Å². The summed E-state index contributed by atoms with van der Waals surface area (Å²) in [6.45, 7) is 4.22. The Bertz CT molecular complexity index is 559. The molecule has 1 unspecified atom stereocenters. The molecular weight excluding hydrogens is 278 g/mol. The van der Waals surface area contributed by atoms with E-state index in [1.54, 1.807) is 11.3 Å². The third-order valence-electron chi connectivity index (χ3n) is 3.31. The lowest BCUT2D eigenvalue weighted by atomic mass is 10.1. The van der Waals surface area contributed by atoms with Crippen LogP contribution in [0.4, 0.5) is 0 Å². The molecule has 2 rings (SSSR count). The van der Waals surface area contributed by atoms with Gasteiger partial charge in [0.2, 0.25) is 0 Å². The first-order valence-electron chi connectivity index (χ1n) is 6.61. The molecule has 1 atom stereocenters. The highest BCUT2D eigenvalue weighted by Gasteiger charge is 2.17. The average molecular weight is 298 g/mol. The number of rotatable bonds is 5. The minimum atomic E-state index is -0.0112. The maximum atomic E-state index is 6.36. The fourth-order valence-corrected chi connectivity index (χ4v) is 3.46. The zero-order valence-electron chi connectivity index (χ0n) is 11.6. The molecule has 0 aliphatic carbocycles. The van der Waals surface area contributed by atoms with Crippen LogP contribution in [0.1, 0.15) is 41.0 Å². The fraction of sp³-hybridized carbons (Fsp3) is 0.500. The van der Waals surface area contributed by atoms with E-state index in [0.29, 0.717) is 0 Å². The molecule has 0 radical (unpaired) electrons. The second-order valence-corrected chi connectivity index (χ2v) is 6.23. The molecule has 0 spiro atoms. The molecular formula is C14H20ClN3S. The van der Waals surface area contributed by atoms with E-state index < -0.39 is 0 Å². The molecule has 0 saturated heterocycles. The van der Waals surface area contributed by atoms with Gasteiger partial charge in [0.25, 0.3) is 0 Å². The lowest BCUT2D eigenvalue weighted by molar-refractivity contribution is 0.644. The van der Waals surface area contributed by atoms with Crippen LogP contribution in [0.3, 0.4) is 0 Å². The third kappa shape index (κ3) is 3.02. The van der Waals surface area contributed by atoms with Crippen LogP contribution in [0.2, 0.25) is 5.02 Å². The van der Waals surface area contributed by atoms with Gasteiger partial charge in [-0.15, -0.1) is 11.3 Å². The molecule has 2 heterocycles. The van der Waals surface area contributed by atoms with E-state index in [4.69, 9.17) is 17.3 Å². The van der Waals surface area contributed by atoms with Gasteiger partial charge < -0.3 is 5.73 Å². The minimum Gasteiger partial charge on any atom is -0.323 e. The van der Waals surface area contributed by atoms with Gasteiger partial charge >= 0.3 is 0 Å². The van der Waals surface area contributed by atoms with E-state index in [0.717, 1.165) is 35.7 Å². The highest BCUT2D eigenvalue weighted by atomic mass is 35.5.